The molecule has 4 aromatic rings. The van der Waals surface area contributed by atoms with E-state index in [4.69, 9.17) is 32.9 Å². The molecular formula is C31H30Cl2N6O5. The summed E-state index contributed by atoms with van der Waals surface area (Å²) in [6, 6.07) is 15.4. The molecule has 11 nitrogen and oxygen atoms in total. The van der Waals surface area contributed by atoms with Crippen molar-refractivity contribution in [3.8, 4) is 28.3 Å². The third-order valence-electron chi connectivity index (χ3n) is 7.48. The lowest BCUT2D eigenvalue weighted by Gasteiger charge is -2.18. The van der Waals surface area contributed by atoms with E-state index in [0.29, 0.717) is 58.6 Å². The van der Waals surface area contributed by atoms with Gasteiger partial charge in [-0.25, -0.2) is 9.67 Å². The van der Waals surface area contributed by atoms with Gasteiger partial charge in [0.1, 0.15) is 5.56 Å². The van der Waals surface area contributed by atoms with Gasteiger partial charge in [0.15, 0.2) is 0 Å². The van der Waals surface area contributed by atoms with Crippen LogP contribution in [0.25, 0.3) is 22.4 Å². The highest BCUT2D eigenvalue weighted by molar-refractivity contribution is 6.39. The van der Waals surface area contributed by atoms with Crippen LogP contribution in [0, 0.1) is 0 Å². The summed E-state index contributed by atoms with van der Waals surface area (Å²) in [4.78, 5) is 43.2. The van der Waals surface area contributed by atoms with Crippen molar-refractivity contribution in [3.05, 3.63) is 92.3 Å². The third kappa shape index (κ3) is 6.31. The van der Waals surface area contributed by atoms with Crippen LogP contribution in [-0.4, -0.2) is 68.9 Å². The number of ether oxygens (including phenoxy) is 1. The van der Waals surface area contributed by atoms with E-state index in [2.05, 4.69) is 15.7 Å². The number of halogens is 2. The number of aromatic nitrogens is 3. The number of hydrogen-bond acceptors (Lipinski definition) is 8. The van der Waals surface area contributed by atoms with Crippen molar-refractivity contribution < 1.29 is 19.4 Å². The average Bonchev–Trinajstić information content (AvgIpc) is 3.39. The number of nitrogens with zero attached hydrogens (tertiary/aromatic N) is 4. The first-order valence-corrected chi connectivity index (χ1v) is 14.5. The van der Waals surface area contributed by atoms with Gasteiger partial charge >= 0.3 is 0 Å². The molecule has 1 saturated heterocycles. The molecule has 3 heterocycles. The molecule has 1 aliphatic rings. The van der Waals surface area contributed by atoms with E-state index >= 15 is 0 Å². The summed E-state index contributed by atoms with van der Waals surface area (Å²) in [6.07, 6.45) is 0.703. The number of aliphatic hydroxyl groups excluding tert-OH is 1. The number of rotatable bonds is 8. The predicted molar refractivity (Wildman–Crippen MR) is 168 cm³/mol. The maximum absolute atomic E-state index is 12.9. The molecule has 44 heavy (non-hydrogen) atoms. The monoisotopic (exact) mass is 636 g/mol. The van der Waals surface area contributed by atoms with Crippen LogP contribution in [-0.2, 0) is 18.4 Å². The quantitative estimate of drug-likeness (QED) is 0.266. The number of amides is 2. The fourth-order valence-corrected chi connectivity index (χ4v) is 5.66. The molecule has 0 aliphatic carbocycles. The Labute approximate surface area is 263 Å². The number of nitrogens with one attached hydrogen (secondary N) is 2. The van der Waals surface area contributed by atoms with Crippen molar-refractivity contribution in [3.63, 3.8) is 0 Å². The number of hydrogen-bond donors (Lipinski definition) is 3. The van der Waals surface area contributed by atoms with E-state index < -0.39 is 17.6 Å². The van der Waals surface area contributed by atoms with Crippen molar-refractivity contribution in [1.29, 1.82) is 0 Å². The molecule has 2 amide bonds. The summed E-state index contributed by atoms with van der Waals surface area (Å²) < 4.78 is 6.65. The lowest BCUT2D eigenvalue weighted by Crippen LogP contribution is -2.38. The summed E-state index contributed by atoms with van der Waals surface area (Å²) >= 11 is 13.7. The molecule has 2 unspecified atom stereocenters. The Morgan fingerprint density at radius 3 is 2.43 bits per heavy atom. The summed E-state index contributed by atoms with van der Waals surface area (Å²) in [5, 5.41) is 20.8. The van der Waals surface area contributed by atoms with E-state index in [1.165, 1.54) is 33.3 Å². The number of carbonyl (C=O) groups excluding carboxylic acids is 2. The number of carbonyl (C=O) groups is 2. The lowest BCUT2D eigenvalue weighted by molar-refractivity contribution is -0.128. The molecular weight excluding hydrogens is 607 g/mol. The first kappa shape index (κ1) is 31.1. The second-order valence-electron chi connectivity index (χ2n) is 10.3. The van der Waals surface area contributed by atoms with Crippen molar-refractivity contribution in [2.75, 3.05) is 25.5 Å². The van der Waals surface area contributed by atoms with E-state index in [1.54, 1.807) is 23.1 Å². The Morgan fingerprint density at radius 1 is 1.02 bits per heavy atom. The SMILES string of the molecule is COc1nc(-c2cccc(-c3cccc(NC(=O)c4ccnn(C)c4=O)c3Cl)c2Cl)ccc1CNC1CN(C(C)=O)CC1O. The molecule has 13 heteroatoms. The molecule has 0 radical (unpaired) electrons. The Balaban J connectivity index is 1.39. The molecule has 2 atom stereocenters. The highest BCUT2D eigenvalue weighted by atomic mass is 35.5. The van der Waals surface area contributed by atoms with Gasteiger partial charge in [-0.05, 0) is 18.2 Å². The van der Waals surface area contributed by atoms with Gasteiger partial charge in [-0.3, -0.25) is 14.4 Å². The van der Waals surface area contributed by atoms with Crippen molar-refractivity contribution in [2.45, 2.75) is 25.6 Å². The summed E-state index contributed by atoms with van der Waals surface area (Å²) in [6.45, 7) is 2.57. The minimum absolute atomic E-state index is 0.0693. The smallest absolute Gasteiger partial charge is 0.279 e. The van der Waals surface area contributed by atoms with Gasteiger partial charge in [0.2, 0.25) is 11.8 Å². The molecule has 2 aromatic carbocycles. The van der Waals surface area contributed by atoms with Gasteiger partial charge in [0.25, 0.3) is 11.5 Å². The van der Waals surface area contributed by atoms with Gasteiger partial charge in [0.05, 0.1) is 40.7 Å². The van der Waals surface area contributed by atoms with Gasteiger partial charge < -0.3 is 25.4 Å². The second kappa shape index (κ2) is 13.1. The highest BCUT2D eigenvalue weighted by Crippen LogP contribution is 2.41. The molecule has 1 aliphatic heterocycles. The largest absolute Gasteiger partial charge is 0.481 e. The normalized spacial score (nSPS) is 16.2. The van der Waals surface area contributed by atoms with Crippen molar-refractivity contribution >= 4 is 40.7 Å². The molecule has 2 aromatic heterocycles. The number of benzene rings is 2. The maximum atomic E-state index is 12.9. The average molecular weight is 638 g/mol. The Kier molecular flexibility index (Phi) is 9.31. The van der Waals surface area contributed by atoms with Crippen LogP contribution in [0.5, 0.6) is 5.88 Å². The number of anilines is 1. The predicted octanol–water partition coefficient (Wildman–Crippen LogP) is 3.76. The number of pyridine rings is 1. The Hall–Kier alpha value is -4.29. The van der Waals surface area contributed by atoms with Crippen LogP contribution in [0.1, 0.15) is 22.8 Å². The number of aliphatic hydroxyl groups is 1. The summed E-state index contributed by atoms with van der Waals surface area (Å²) in [5.41, 5.74) is 2.86. The highest BCUT2D eigenvalue weighted by Gasteiger charge is 2.32. The van der Waals surface area contributed by atoms with Crippen LogP contribution < -0.4 is 20.9 Å². The molecule has 3 N–H and O–H groups in total. The van der Waals surface area contributed by atoms with Crippen molar-refractivity contribution in [1.82, 2.24) is 25.0 Å². The molecule has 1 fully saturated rings. The summed E-state index contributed by atoms with van der Waals surface area (Å²) in [7, 11) is 2.99. The van der Waals surface area contributed by atoms with Crippen molar-refractivity contribution in [2.24, 2.45) is 7.05 Å². The van der Waals surface area contributed by atoms with E-state index in [9.17, 15) is 19.5 Å². The second-order valence-corrected chi connectivity index (χ2v) is 11.1. The Bertz CT molecular complexity index is 1800. The number of likely N-dealkylation sites (tertiary alicyclic amines) is 1. The maximum Gasteiger partial charge on any atom is 0.279 e. The third-order valence-corrected chi connectivity index (χ3v) is 8.30. The van der Waals surface area contributed by atoms with Crippen LogP contribution in [0.2, 0.25) is 10.0 Å². The first-order valence-electron chi connectivity index (χ1n) is 13.7. The topological polar surface area (TPSA) is 139 Å². The van der Waals surface area contributed by atoms with Gasteiger partial charge in [-0.1, -0.05) is 59.6 Å². The fraction of sp³-hybridized carbons (Fsp3) is 0.258. The molecule has 0 saturated carbocycles. The zero-order valence-electron chi connectivity index (χ0n) is 24.2. The lowest BCUT2D eigenvalue weighted by atomic mass is 10.00. The number of methoxy groups -OCH3 is 1. The number of β-amino-alcohol motifs (C(OH)–C–C–N with tert-alkyl or cyclic N) is 1. The van der Waals surface area contributed by atoms with Gasteiger partial charge in [-0.2, -0.15) is 5.10 Å². The van der Waals surface area contributed by atoms with Gasteiger partial charge in [-0.15, -0.1) is 0 Å². The van der Waals surface area contributed by atoms with Gasteiger partial charge in [0, 0.05) is 62.1 Å². The number of aryl methyl sites for hydroxylation is 1. The Morgan fingerprint density at radius 2 is 1.73 bits per heavy atom. The van der Waals surface area contributed by atoms with E-state index in [-0.39, 0.29) is 22.5 Å². The van der Waals surface area contributed by atoms with Crippen LogP contribution in [0.4, 0.5) is 5.69 Å². The van der Waals surface area contributed by atoms with Crippen LogP contribution in [0.3, 0.4) is 0 Å². The fourth-order valence-electron chi connectivity index (χ4n) is 5.06. The molecule has 228 valence electrons. The zero-order chi connectivity index (χ0) is 31.5. The molecule has 0 bridgehead atoms. The van der Waals surface area contributed by atoms with E-state index in [1.807, 2.05) is 30.3 Å². The van der Waals surface area contributed by atoms with E-state index in [0.717, 1.165) is 10.2 Å². The minimum Gasteiger partial charge on any atom is -0.481 e. The van der Waals surface area contributed by atoms with Crippen LogP contribution in [0.15, 0.2) is 65.6 Å². The summed E-state index contributed by atoms with van der Waals surface area (Å²) in [5.74, 6) is -0.306. The van der Waals surface area contributed by atoms with Crippen LogP contribution >= 0.6 is 23.2 Å². The molecule has 5 rings (SSSR count). The minimum atomic E-state index is -0.666. The zero-order valence-corrected chi connectivity index (χ0v) is 25.7. The standard InChI is InChI=1S/C31H30Cl2N6O5/c1-17(40)39-15-25(26(41)16-39)34-14-18-10-11-23(37-30(18)44-3)21-8-4-6-19(27(21)32)20-7-5-9-24(28(20)33)36-29(42)22-12-13-35-38(2)31(22)43/h4-13,25-26,34,41H,14-16H2,1-3H3,(H,36,42). The molecule has 0 spiro atoms. The first-order chi connectivity index (χ1) is 21.1.